The molecule has 5 rings (SSSR count). The van der Waals surface area contributed by atoms with Gasteiger partial charge in [-0.15, -0.1) is 11.3 Å². The van der Waals surface area contributed by atoms with Gasteiger partial charge in [0, 0.05) is 4.88 Å². The van der Waals surface area contributed by atoms with Gasteiger partial charge in [-0.2, -0.15) is 0 Å². The summed E-state index contributed by atoms with van der Waals surface area (Å²) in [5.74, 6) is 3.30. The van der Waals surface area contributed by atoms with Crippen molar-refractivity contribution in [1.29, 1.82) is 0 Å². The molecule has 1 aliphatic heterocycles. The first kappa shape index (κ1) is 15.9. The molecule has 0 saturated carbocycles. The Morgan fingerprint density at radius 1 is 1.23 bits per heavy atom. The number of rotatable bonds is 3. The summed E-state index contributed by atoms with van der Waals surface area (Å²) in [7, 11) is 0. The lowest BCUT2D eigenvalue weighted by molar-refractivity contribution is 0.0997. The first-order chi connectivity index (χ1) is 12.8. The van der Waals surface area contributed by atoms with Crippen LogP contribution < -0.4 is 14.8 Å². The fourth-order valence-electron chi connectivity index (χ4n) is 3.78. The summed E-state index contributed by atoms with van der Waals surface area (Å²) in [6, 6.07) is 7.80. The Labute approximate surface area is 156 Å². The second kappa shape index (κ2) is 6.43. The maximum absolute atomic E-state index is 6.05. The van der Waals surface area contributed by atoms with Gasteiger partial charge in [0.2, 0.25) is 0 Å². The van der Waals surface area contributed by atoms with E-state index in [0.29, 0.717) is 13.2 Å². The molecule has 1 N–H and O–H groups in total. The van der Waals surface area contributed by atoms with Gasteiger partial charge >= 0.3 is 0 Å². The molecule has 2 atom stereocenters. The second-order valence-electron chi connectivity index (χ2n) is 7.13. The van der Waals surface area contributed by atoms with Crippen molar-refractivity contribution < 1.29 is 9.47 Å². The van der Waals surface area contributed by atoms with E-state index in [4.69, 9.17) is 9.47 Å². The summed E-state index contributed by atoms with van der Waals surface area (Å²) in [4.78, 5) is 11.6. The zero-order chi connectivity index (χ0) is 17.5. The predicted molar refractivity (Wildman–Crippen MR) is 103 cm³/mol. The van der Waals surface area contributed by atoms with Crippen molar-refractivity contribution >= 4 is 27.4 Å². The molecule has 6 heteroatoms. The lowest BCUT2D eigenvalue weighted by atomic mass is 9.89. The highest BCUT2D eigenvalue weighted by Crippen LogP contribution is 2.39. The van der Waals surface area contributed by atoms with Crippen LogP contribution in [0.2, 0.25) is 0 Å². The molecule has 3 heterocycles. The number of para-hydroxylation sites is 2. The highest BCUT2D eigenvalue weighted by molar-refractivity contribution is 7.19. The Morgan fingerprint density at radius 3 is 3.04 bits per heavy atom. The second-order valence-corrected chi connectivity index (χ2v) is 8.22. The molecule has 0 fully saturated rings. The van der Waals surface area contributed by atoms with Crippen molar-refractivity contribution in [3.8, 4) is 11.5 Å². The minimum Gasteiger partial charge on any atom is -0.486 e. The SMILES string of the molecule is C[C@@H]1CCc2c(sc3ncnc(NC[C@@H]4COc5ccccc5O4)c23)C1. The molecule has 2 aliphatic rings. The van der Waals surface area contributed by atoms with Gasteiger partial charge in [-0.25, -0.2) is 9.97 Å². The molecule has 0 radical (unpaired) electrons. The lowest BCUT2D eigenvalue weighted by Crippen LogP contribution is -2.35. The Bertz CT molecular complexity index is 955. The minimum atomic E-state index is -0.0376. The van der Waals surface area contributed by atoms with Gasteiger partial charge in [-0.3, -0.25) is 0 Å². The van der Waals surface area contributed by atoms with Gasteiger partial charge in [0.25, 0.3) is 0 Å². The third kappa shape index (κ3) is 2.78. The molecule has 5 nitrogen and oxygen atoms in total. The number of hydrogen-bond donors (Lipinski definition) is 1. The molecule has 0 bridgehead atoms. The summed E-state index contributed by atoms with van der Waals surface area (Å²) >= 11 is 1.82. The number of benzene rings is 1. The number of anilines is 1. The highest BCUT2D eigenvalue weighted by atomic mass is 32.1. The number of fused-ring (bicyclic) bond motifs is 4. The van der Waals surface area contributed by atoms with Crippen molar-refractivity contribution in [1.82, 2.24) is 9.97 Å². The third-order valence-electron chi connectivity index (χ3n) is 5.16. The maximum Gasteiger partial charge on any atom is 0.161 e. The van der Waals surface area contributed by atoms with Crippen LogP contribution in [0.3, 0.4) is 0 Å². The summed E-state index contributed by atoms with van der Waals surface area (Å²) in [5.41, 5.74) is 1.44. The molecule has 0 unspecified atom stereocenters. The quantitative estimate of drug-likeness (QED) is 0.756. The number of hydrogen-bond acceptors (Lipinski definition) is 6. The van der Waals surface area contributed by atoms with Gasteiger partial charge in [-0.05, 0) is 42.9 Å². The van der Waals surface area contributed by atoms with E-state index in [1.807, 2.05) is 35.6 Å². The molecule has 0 amide bonds. The Balaban J connectivity index is 1.37. The third-order valence-corrected chi connectivity index (χ3v) is 6.32. The molecule has 3 aromatic rings. The predicted octanol–water partition coefficient (Wildman–Crippen LogP) is 4.07. The normalized spacial score (nSPS) is 21.4. The first-order valence-electron chi connectivity index (χ1n) is 9.15. The summed E-state index contributed by atoms with van der Waals surface area (Å²) < 4.78 is 11.8. The van der Waals surface area contributed by atoms with Crippen LogP contribution in [0.5, 0.6) is 11.5 Å². The van der Waals surface area contributed by atoms with Crippen LogP contribution in [0, 0.1) is 5.92 Å². The Kier molecular flexibility index (Phi) is 3.93. The van der Waals surface area contributed by atoms with Crippen LogP contribution in [0.15, 0.2) is 30.6 Å². The van der Waals surface area contributed by atoms with Crippen LogP contribution in [-0.2, 0) is 12.8 Å². The van der Waals surface area contributed by atoms with Gasteiger partial charge < -0.3 is 14.8 Å². The van der Waals surface area contributed by atoms with Crippen LogP contribution in [-0.4, -0.2) is 29.2 Å². The van der Waals surface area contributed by atoms with Crippen molar-refractivity contribution in [2.24, 2.45) is 5.92 Å². The van der Waals surface area contributed by atoms with E-state index in [0.717, 1.165) is 40.9 Å². The average molecular weight is 367 g/mol. The number of ether oxygens (including phenoxy) is 2. The van der Waals surface area contributed by atoms with Crippen LogP contribution in [0.1, 0.15) is 23.8 Å². The van der Waals surface area contributed by atoms with Crippen molar-refractivity contribution in [3.05, 3.63) is 41.0 Å². The summed E-state index contributed by atoms with van der Waals surface area (Å²) in [5, 5.41) is 4.69. The monoisotopic (exact) mass is 367 g/mol. The number of nitrogens with zero attached hydrogens (tertiary/aromatic N) is 2. The lowest BCUT2D eigenvalue weighted by Gasteiger charge is -2.26. The van der Waals surface area contributed by atoms with Crippen LogP contribution in [0.4, 0.5) is 5.82 Å². The van der Waals surface area contributed by atoms with Crippen molar-refractivity contribution in [3.63, 3.8) is 0 Å². The number of thiophene rings is 1. The van der Waals surface area contributed by atoms with Crippen molar-refractivity contribution in [2.45, 2.75) is 32.3 Å². The largest absolute Gasteiger partial charge is 0.486 e. The smallest absolute Gasteiger partial charge is 0.161 e. The standard InChI is InChI=1S/C20H21N3O2S/c1-12-6-7-14-17(8-12)26-20-18(14)19(22-11-23-20)21-9-13-10-24-15-4-2-3-5-16(15)25-13/h2-5,11-13H,6-10H2,1H3,(H,21,22,23)/t12-,13-/m1/s1. The fraction of sp³-hybridized carbons (Fsp3) is 0.400. The highest BCUT2D eigenvalue weighted by Gasteiger charge is 2.24. The van der Waals surface area contributed by atoms with Gasteiger partial charge in [-0.1, -0.05) is 19.1 Å². The number of nitrogens with one attached hydrogen (secondary N) is 1. The molecule has 0 saturated heterocycles. The Morgan fingerprint density at radius 2 is 2.12 bits per heavy atom. The molecular weight excluding hydrogens is 346 g/mol. The first-order valence-corrected chi connectivity index (χ1v) is 9.97. The zero-order valence-electron chi connectivity index (χ0n) is 14.7. The molecule has 2 aromatic heterocycles. The van der Waals surface area contributed by atoms with Crippen LogP contribution in [0.25, 0.3) is 10.2 Å². The van der Waals surface area contributed by atoms with Gasteiger partial charge in [0.15, 0.2) is 11.5 Å². The maximum atomic E-state index is 6.05. The minimum absolute atomic E-state index is 0.0376. The van der Waals surface area contributed by atoms with E-state index < -0.39 is 0 Å². The zero-order valence-corrected chi connectivity index (χ0v) is 15.5. The van der Waals surface area contributed by atoms with E-state index in [9.17, 15) is 0 Å². The average Bonchev–Trinajstić information content (AvgIpc) is 3.04. The topological polar surface area (TPSA) is 56.3 Å². The number of aryl methyl sites for hydroxylation is 1. The molecule has 1 aromatic carbocycles. The summed E-state index contributed by atoms with van der Waals surface area (Å²) in [6.45, 7) is 3.52. The van der Waals surface area contributed by atoms with E-state index in [1.54, 1.807) is 6.33 Å². The van der Waals surface area contributed by atoms with E-state index in [-0.39, 0.29) is 6.10 Å². The van der Waals surface area contributed by atoms with Crippen molar-refractivity contribution in [2.75, 3.05) is 18.5 Å². The number of aromatic nitrogens is 2. The summed E-state index contributed by atoms with van der Waals surface area (Å²) in [6.07, 6.45) is 5.14. The molecule has 1 aliphatic carbocycles. The van der Waals surface area contributed by atoms with E-state index >= 15 is 0 Å². The van der Waals surface area contributed by atoms with E-state index in [2.05, 4.69) is 22.2 Å². The molecule has 26 heavy (non-hydrogen) atoms. The Hall–Kier alpha value is -2.34. The molecule has 0 spiro atoms. The fourth-order valence-corrected chi connectivity index (χ4v) is 5.13. The molecular formula is C20H21N3O2S. The van der Waals surface area contributed by atoms with E-state index in [1.165, 1.54) is 22.2 Å². The van der Waals surface area contributed by atoms with Gasteiger partial charge in [0.1, 0.15) is 29.7 Å². The van der Waals surface area contributed by atoms with Crippen LogP contribution >= 0.6 is 11.3 Å². The molecule has 134 valence electrons. The van der Waals surface area contributed by atoms with Gasteiger partial charge in [0.05, 0.1) is 11.9 Å².